The SMILES string of the molecule is Cc1ccc([C@@H](C)NC(=O)[C@@H]2COc3ccccc3O2)cc1. The second-order valence-electron chi connectivity index (χ2n) is 5.51. The Bertz CT molecular complexity index is 666. The molecule has 3 rings (SSSR count). The molecule has 0 aliphatic carbocycles. The Labute approximate surface area is 130 Å². The first kappa shape index (κ1) is 14.4. The minimum atomic E-state index is -0.622. The molecule has 0 fully saturated rings. The zero-order valence-electron chi connectivity index (χ0n) is 12.7. The van der Waals surface area contributed by atoms with Crippen LogP contribution in [0.15, 0.2) is 48.5 Å². The van der Waals surface area contributed by atoms with E-state index in [4.69, 9.17) is 9.47 Å². The molecule has 4 heteroatoms. The number of para-hydroxylation sites is 2. The molecule has 2 atom stereocenters. The molecule has 22 heavy (non-hydrogen) atoms. The Kier molecular flexibility index (Phi) is 4.00. The van der Waals surface area contributed by atoms with Crippen LogP contribution >= 0.6 is 0 Å². The Morgan fingerprint density at radius 1 is 1.14 bits per heavy atom. The average Bonchev–Trinajstić information content (AvgIpc) is 2.55. The van der Waals surface area contributed by atoms with Crippen LogP contribution < -0.4 is 14.8 Å². The van der Waals surface area contributed by atoms with Crippen molar-refractivity contribution in [2.75, 3.05) is 6.61 Å². The fourth-order valence-corrected chi connectivity index (χ4v) is 2.39. The standard InChI is InChI=1S/C18H19NO3/c1-12-7-9-14(10-8-12)13(2)19-18(20)17-11-21-15-5-3-4-6-16(15)22-17/h3-10,13,17H,11H2,1-2H3,(H,19,20)/t13-,17+/m1/s1. The van der Waals surface area contributed by atoms with Crippen LogP contribution in [0.2, 0.25) is 0 Å². The van der Waals surface area contributed by atoms with Crippen molar-refractivity contribution in [3.8, 4) is 11.5 Å². The topological polar surface area (TPSA) is 47.6 Å². The average molecular weight is 297 g/mol. The van der Waals surface area contributed by atoms with Gasteiger partial charge in [-0.2, -0.15) is 0 Å². The van der Waals surface area contributed by atoms with Crippen molar-refractivity contribution in [3.63, 3.8) is 0 Å². The summed E-state index contributed by atoms with van der Waals surface area (Å²) < 4.78 is 11.3. The van der Waals surface area contributed by atoms with E-state index >= 15 is 0 Å². The number of benzene rings is 2. The smallest absolute Gasteiger partial charge is 0.265 e. The number of hydrogen-bond donors (Lipinski definition) is 1. The van der Waals surface area contributed by atoms with Crippen molar-refractivity contribution in [1.82, 2.24) is 5.32 Å². The summed E-state index contributed by atoms with van der Waals surface area (Å²) in [4.78, 5) is 12.3. The molecule has 1 amide bonds. The summed E-state index contributed by atoms with van der Waals surface area (Å²) >= 11 is 0. The summed E-state index contributed by atoms with van der Waals surface area (Å²) in [5.41, 5.74) is 2.26. The number of fused-ring (bicyclic) bond motifs is 1. The lowest BCUT2D eigenvalue weighted by Gasteiger charge is -2.26. The van der Waals surface area contributed by atoms with Gasteiger partial charge >= 0.3 is 0 Å². The molecule has 0 aromatic heterocycles. The van der Waals surface area contributed by atoms with Crippen molar-refractivity contribution in [2.24, 2.45) is 0 Å². The summed E-state index contributed by atoms with van der Waals surface area (Å²) in [6.45, 7) is 4.22. The van der Waals surface area contributed by atoms with Gasteiger partial charge in [0.25, 0.3) is 5.91 Å². The zero-order valence-corrected chi connectivity index (χ0v) is 12.7. The van der Waals surface area contributed by atoms with Gasteiger partial charge in [-0.25, -0.2) is 0 Å². The monoisotopic (exact) mass is 297 g/mol. The van der Waals surface area contributed by atoms with E-state index in [0.717, 1.165) is 5.56 Å². The van der Waals surface area contributed by atoms with Gasteiger partial charge < -0.3 is 14.8 Å². The van der Waals surface area contributed by atoms with E-state index in [2.05, 4.69) is 5.32 Å². The van der Waals surface area contributed by atoms with Gasteiger partial charge in [0.1, 0.15) is 6.61 Å². The first-order chi connectivity index (χ1) is 10.6. The van der Waals surface area contributed by atoms with Crippen LogP contribution in [-0.2, 0) is 4.79 Å². The summed E-state index contributed by atoms with van der Waals surface area (Å²) in [6, 6.07) is 15.4. The fraction of sp³-hybridized carbons (Fsp3) is 0.278. The molecular weight excluding hydrogens is 278 g/mol. The number of hydrogen-bond acceptors (Lipinski definition) is 3. The summed E-state index contributed by atoms with van der Waals surface area (Å²) in [6.07, 6.45) is -0.622. The summed E-state index contributed by atoms with van der Waals surface area (Å²) in [5.74, 6) is 1.12. The minimum absolute atomic E-state index is 0.0751. The lowest BCUT2D eigenvalue weighted by molar-refractivity contribution is -0.131. The van der Waals surface area contributed by atoms with E-state index in [0.29, 0.717) is 11.5 Å². The number of ether oxygens (including phenoxy) is 2. The Morgan fingerprint density at radius 3 is 2.55 bits per heavy atom. The highest BCUT2D eigenvalue weighted by Gasteiger charge is 2.28. The van der Waals surface area contributed by atoms with Crippen LogP contribution in [0, 0.1) is 6.92 Å². The van der Waals surface area contributed by atoms with Crippen molar-refractivity contribution in [3.05, 3.63) is 59.7 Å². The molecule has 0 saturated carbocycles. The molecule has 4 nitrogen and oxygen atoms in total. The number of nitrogens with one attached hydrogen (secondary N) is 1. The molecule has 0 saturated heterocycles. The molecule has 1 heterocycles. The third-order valence-electron chi connectivity index (χ3n) is 3.74. The van der Waals surface area contributed by atoms with Crippen LogP contribution in [-0.4, -0.2) is 18.6 Å². The van der Waals surface area contributed by atoms with Gasteiger partial charge in [0.2, 0.25) is 6.10 Å². The first-order valence-electron chi connectivity index (χ1n) is 7.39. The van der Waals surface area contributed by atoms with Gasteiger partial charge in [0.15, 0.2) is 11.5 Å². The van der Waals surface area contributed by atoms with E-state index < -0.39 is 6.10 Å². The van der Waals surface area contributed by atoms with Crippen molar-refractivity contribution in [2.45, 2.75) is 26.0 Å². The van der Waals surface area contributed by atoms with Crippen molar-refractivity contribution < 1.29 is 14.3 Å². The molecule has 1 aliphatic heterocycles. The second kappa shape index (κ2) is 6.10. The third kappa shape index (κ3) is 3.06. The van der Waals surface area contributed by atoms with Gasteiger partial charge in [-0.1, -0.05) is 42.0 Å². The number of carbonyl (C=O) groups excluding carboxylic acids is 1. The Morgan fingerprint density at radius 2 is 1.82 bits per heavy atom. The number of aryl methyl sites for hydroxylation is 1. The van der Waals surface area contributed by atoms with E-state index in [1.165, 1.54) is 5.56 Å². The van der Waals surface area contributed by atoms with E-state index in [-0.39, 0.29) is 18.6 Å². The predicted octanol–water partition coefficient (Wildman–Crippen LogP) is 3.01. The lowest BCUT2D eigenvalue weighted by Crippen LogP contribution is -2.44. The molecule has 0 spiro atoms. The van der Waals surface area contributed by atoms with E-state index in [1.54, 1.807) is 6.07 Å². The quantitative estimate of drug-likeness (QED) is 0.947. The van der Waals surface area contributed by atoms with Gasteiger partial charge in [0, 0.05) is 0 Å². The van der Waals surface area contributed by atoms with Crippen molar-refractivity contribution in [1.29, 1.82) is 0 Å². The van der Waals surface area contributed by atoms with Crippen LogP contribution in [0.25, 0.3) is 0 Å². The zero-order chi connectivity index (χ0) is 15.5. The number of amides is 1. The summed E-state index contributed by atoms with van der Waals surface area (Å²) in [7, 11) is 0. The van der Waals surface area contributed by atoms with Gasteiger partial charge in [-0.3, -0.25) is 4.79 Å². The van der Waals surface area contributed by atoms with Crippen LogP contribution in [0.5, 0.6) is 11.5 Å². The normalized spacial score (nSPS) is 17.6. The molecule has 1 N–H and O–H groups in total. The highest BCUT2D eigenvalue weighted by atomic mass is 16.6. The molecule has 0 radical (unpaired) electrons. The first-order valence-corrected chi connectivity index (χ1v) is 7.39. The van der Waals surface area contributed by atoms with Crippen LogP contribution in [0.1, 0.15) is 24.1 Å². The predicted molar refractivity (Wildman–Crippen MR) is 84.1 cm³/mol. The van der Waals surface area contributed by atoms with Gasteiger partial charge in [-0.15, -0.1) is 0 Å². The minimum Gasteiger partial charge on any atom is -0.485 e. The highest BCUT2D eigenvalue weighted by Crippen LogP contribution is 2.31. The van der Waals surface area contributed by atoms with Crippen LogP contribution in [0.4, 0.5) is 0 Å². The third-order valence-corrected chi connectivity index (χ3v) is 3.74. The Hall–Kier alpha value is -2.49. The molecular formula is C18H19NO3. The molecule has 0 bridgehead atoms. The maximum Gasteiger partial charge on any atom is 0.265 e. The fourth-order valence-electron chi connectivity index (χ4n) is 2.39. The Balaban J connectivity index is 1.64. The molecule has 2 aromatic rings. The second-order valence-corrected chi connectivity index (χ2v) is 5.51. The van der Waals surface area contributed by atoms with Crippen molar-refractivity contribution >= 4 is 5.91 Å². The highest BCUT2D eigenvalue weighted by molar-refractivity contribution is 5.82. The van der Waals surface area contributed by atoms with E-state index in [9.17, 15) is 4.79 Å². The van der Waals surface area contributed by atoms with Gasteiger partial charge in [-0.05, 0) is 31.5 Å². The van der Waals surface area contributed by atoms with Crippen LogP contribution in [0.3, 0.4) is 0 Å². The number of carbonyl (C=O) groups is 1. The maximum atomic E-state index is 12.3. The van der Waals surface area contributed by atoms with E-state index in [1.807, 2.05) is 56.3 Å². The maximum absolute atomic E-state index is 12.3. The lowest BCUT2D eigenvalue weighted by atomic mass is 10.1. The molecule has 2 aromatic carbocycles. The molecule has 0 unspecified atom stereocenters. The number of rotatable bonds is 3. The molecule has 1 aliphatic rings. The largest absolute Gasteiger partial charge is 0.485 e. The molecule has 114 valence electrons. The van der Waals surface area contributed by atoms with Gasteiger partial charge in [0.05, 0.1) is 6.04 Å². The summed E-state index contributed by atoms with van der Waals surface area (Å²) in [5, 5.41) is 2.97.